The van der Waals surface area contributed by atoms with Crippen molar-refractivity contribution in [2.45, 2.75) is 19.9 Å². The molecule has 1 nitrogen and oxygen atoms in total. The van der Waals surface area contributed by atoms with Gasteiger partial charge in [0.25, 0.3) is 0 Å². The molecular formula is C12H17F2NS. The molecule has 0 fully saturated rings. The minimum Gasteiger partial charge on any atom is -0.309 e. The summed E-state index contributed by atoms with van der Waals surface area (Å²) in [6.07, 6.45) is 0. The lowest BCUT2D eigenvalue weighted by Crippen LogP contribution is -2.24. The SMILES string of the molecule is CCNC(CSCC)c1cccc(F)c1F. The summed E-state index contributed by atoms with van der Waals surface area (Å²) in [6, 6.07) is 4.22. The minimum atomic E-state index is -0.776. The minimum absolute atomic E-state index is 0.120. The molecule has 0 aliphatic rings. The van der Waals surface area contributed by atoms with E-state index in [1.54, 1.807) is 23.9 Å². The van der Waals surface area contributed by atoms with Gasteiger partial charge in [0.1, 0.15) is 0 Å². The summed E-state index contributed by atoms with van der Waals surface area (Å²) in [5.41, 5.74) is 0.419. The summed E-state index contributed by atoms with van der Waals surface area (Å²) >= 11 is 1.71. The highest BCUT2D eigenvalue weighted by atomic mass is 32.2. The fraction of sp³-hybridized carbons (Fsp3) is 0.500. The van der Waals surface area contributed by atoms with Crippen molar-refractivity contribution in [3.63, 3.8) is 0 Å². The van der Waals surface area contributed by atoms with Gasteiger partial charge in [0.2, 0.25) is 0 Å². The van der Waals surface area contributed by atoms with Crippen molar-refractivity contribution in [1.29, 1.82) is 0 Å². The number of hydrogen-bond acceptors (Lipinski definition) is 2. The van der Waals surface area contributed by atoms with Crippen molar-refractivity contribution < 1.29 is 8.78 Å². The number of hydrogen-bond donors (Lipinski definition) is 1. The third-order valence-corrected chi connectivity index (χ3v) is 3.27. The maximum atomic E-state index is 13.6. The highest BCUT2D eigenvalue weighted by molar-refractivity contribution is 7.99. The van der Waals surface area contributed by atoms with Gasteiger partial charge in [0, 0.05) is 17.4 Å². The highest BCUT2D eigenvalue weighted by Crippen LogP contribution is 2.22. The molecule has 0 saturated carbocycles. The van der Waals surface area contributed by atoms with Crippen molar-refractivity contribution >= 4 is 11.8 Å². The molecule has 0 heterocycles. The summed E-state index contributed by atoms with van der Waals surface area (Å²) < 4.78 is 26.7. The van der Waals surface area contributed by atoms with Crippen LogP contribution in [0.2, 0.25) is 0 Å². The van der Waals surface area contributed by atoms with Gasteiger partial charge in [-0.15, -0.1) is 0 Å². The molecule has 0 bridgehead atoms. The van der Waals surface area contributed by atoms with Crippen LogP contribution in [-0.2, 0) is 0 Å². The molecule has 4 heteroatoms. The molecule has 1 aromatic carbocycles. The first-order valence-corrected chi connectivity index (χ1v) is 6.61. The maximum absolute atomic E-state index is 13.6. The first-order valence-electron chi connectivity index (χ1n) is 5.45. The fourth-order valence-corrected chi connectivity index (χ4v) is 2.30. The molecule has 16 heavy (non-hydrogen) atoms. The number of benzene rings is 1. The van der Waals surface area contributed by atoms with Gasteiger partial charge < -0.3 is 5.32 Å². The zero-order valence-electron chi connectivity index (χ0n) is 9.59. The van der Waals surface area contributed by atoms with Crippen LogP contribution >= 0.6 is 11.8 Å². The number of rotatable bonds is 6. The number of thioether (sulfide) groups is 1. The molecule has 0 spiro atoms. The van der Waals surface area contributed by atoms with Crippen molar-refractivity contribution in [3.8, 4) is 0 Å². The van der Waals surface area contributed by atoms with Gasteiger partial charge in [-0.3, -0.25) is 0 Å². The molecule has 1 N–H and O–H groups in total. The van der Waals surface area contributed by atoms with Crippen molar-refractivity contribution in [2.75, 3.05) is 18.1 Å². The fourth-order valence-electron chi connectivity index (χ4n) is 1.53. The first kappa shape index (κ1) is 13.5. The topological polar surface area (TPSA) is 12.0 Å². The molecule has 90 valence electrons. The van der Waals surface area contributed by atoms with Crippen molar-refractivity contribution in [2.24, 2.45) is 0 Å². The summed E-state index contributed by atoms with van der Waals surface area (Å²) in [6.45, 7) is 4.75. The zero-order chi connectivity index (χ0) is 12.0. The van der Waals surface area contributed by atoms with E-state index in [-0.39, 0.29) is 6.04 Å². The predicted octanol–water partition coefficient (Wildman–Crippen LogP) is 3.37. The zero-order valence-corrected chi connectivity index (χ0v) is 10.4. The van der Waals surface area contributed by atoms with Gasteiger partial charge in [0.15, 0.2) is 11.6 Å². The molecule has 0 amide bonds. The van der Waals surface area contributed by atoms with Gasteiger partial charge in [-0.2, -0.15) is 11.8 Å². The summed E-state index contributed by atoms with van der Waals surface area (Å²) in [5, 5.41) is 3.17. The van der Waals surface area contributed by atoms with Crippen molar-refractivity contribution in [3.05, 3.63) is 35.4 Å². The summed E-state index contributed by atoms with van der Waals surface area (Å²) in [4.78, 5) is 0. The Morgan fingerprint density at radius 3 is 2.69 bits per heavy atom. The van der Waals surface area contributed by atoms with E-state index in [2.05, 4.69) is 12.2 Å². The number of nitrogens with one attached hydrogen (secondary N) is 1. The maximum Gasteiger partial charge on any atom is 0.163 e. The Morgan fingerprint density at radius 1 is 1.31 bits per heavy atom. The Balaban J connectivity index is 2.86. The first-order chi connectivity index (χ1) is 7.70. The second-order valence-electron chi connectivity index (χ2n) is 3.41. The van der Waals surface area contributed by atoms with Crippen molar-refractivity contribution in [1.82, 2.24) is 5.32 Å². The monoisotopic (exact) mass is 245 g/mol. The van der Waals surface area contributed by atoms with E-state index in [1.807, 2.05) is 6.92 Å². The van der Waals surface area contributed by atoms with Crippen LogP contribution in [0, 0.1) is 11.6 Å². The molecule has 1 unspecified atom stereocenters. The lowest BCUT2D eigenvalue weighted by molar-refractivity contribution is 0.478. The summed E-state index contributed by atoms with van der Waals surface area (Å²) in [5.74, 6) is 0.218. The average molecular weight is 245 g/mol. The van der Waals surface area contributed by atoms with E-state index in [0.29, 0.717) is 5.56 Å². The van der Waals surface area contributed by atoms with E-state index in [9.17, 15) is 8.78 Å². The third kappa shape index (κ3) is 3.46. The van der Waals surface area contributed by atoms with Crippen LogP contribution in [0.4, 0.5) is 8.78 Å². The largest absolute Gasteiger partial charge is 0.309 e. The standard InChI is InChI=1S/C12H17F2NS/c1-3-15-11(8-16-4-2)9-6-5-7-10(13)12(9)14/h5-7,11,15H,3-4,8H2,1-2H3. The van der Waals surface area contributed by atoms with Gasteiger partial charge in [-0.05, 0) is 18.4 Å². The van der Waals surface area contributed by atoms with Crippen LogP contribution in [-0.4, -0.2) is 18.1 Å². The summed E-state index contributed by atoms with van der Waals surface area (Å²) in [7, 11) is 0. The van der Waals surface area contributed by atoms with Crippen LogP contribution < -0.4 is 5.32 Å². The molecule has 1 aromatic rings. The van der Waals surface area contributed by atoms with Gasteiger partial charge >= 0.3 is 0 Å². The Hall–Kier alpha value is -0.610. The van der Waals surface area contributed by atoms with Gasteiger partial charge in [0.05, 0.1) is 0 Å². The molecule has 1 rings (SSSR count). The molecule has 0 radical (unpaired) electrons. The number of halogens is 2. The normalized spacial score (nSPS) is 12.8. The van der Waals surface area contributed by atoms with E-state index < -0.39 is 11.6 Å². The lowest BCUT2D eigenvalue weighted by atomic mass is 10.1. The van der Waals surface area contributed by atoms with Crippen LogP contribution in [0.15, 0.2) is 18.2 Å². The van der Waals surface area contributed by atoms with Crippen LogP contribution in [0.1, 0.15) is 25.5 Å². The molecule has 1 atom stereocenters. The molecule has 0 aliphatic carbocycles. The van der Waals surface area contributed by atoms with E-state index in [1.165, 1.54) is 0 Å². The average Bonchev–Trinajstić information content (AvgIpc) is 2.28. The molecule has 0 saturated heterocycles. The van der Waals surface area contributed by atoms with Gasteiger partial charge in [-0.25, -0.2) is 8.78 Å². The van der Waals surface area contributed by atoms with Crippen LogP contribution in [0.3, 0.4) is 0 Å². The smallest absolute Gasteiger partial charge is 0.163 e. The molecule has 0 aliphatic heterocycles. The van der Waals surface area contributed by atoms with Crippen LogP contribution in [0.25, 0.3) is 0 Å². The Labute approximate surface area is 99.6 Å². The quantitative estimate of drug-likeness (QED) is 0.824. The molecular weight excluding hydrogens is 228 g/mol. The van der Waals surface area contributed by atoms with Crippen LogP contribution in [0.5, 0.6) is 0 Å². The predicted molar refractivity (Wildman–Crippen MR) is 65.8 cm³/mol. The molecule has 0 aromatic heterocycles. The highest BCUT2D eigenvalue weighted by Gasteiger charge is 2.16. The third-order valence-electron chi connectivity index (χ3n) is 2.30. The Kier molecular flexibility index (Phi) is 5.77. The Morgan fingerprint density at radius 2 is 2.06 bits per heavy atom. The second kappa shape index (κ2) is 6.86. The second-order valence-corrected chi connectivity index (χ2v) is 4.73. The van der Waals surface area contributed by atoms with E-state index in [4.69, 9.17) is 0 Å². The Bertz CT molecular complexity index is 331. The van der Waals surface area contributed by atoms with E-state index >= 15 is 0 Å². The lowest BCUT2D eigenvalue weighted by Gasteiger charge is -2.18. The van der Waals surface area contributed by atoms with Gasteiger partial charge in [-0.1, -0.05) is 26.0 Å². The van der Waals surface area contributed by atoms with E-state index in [0.717, 1.165) is 24.1 Å².